The van der Waals surface area contributed by atoms with Crippen molar-refractivity contribution in [1.82, 2.24) is 4.98 Å². The number of nitrogens with two attached hydrogens (primary N) is 1. The molecule has 1 aliphatic rings. The van der Waals surface area contributed by atoms with Gasteiger partial charge in [-0.2, -0.15) is 11.8 Å². The summed E-state index contributed by atoms with van der Waals surface area (Å²) in [5.74, 6) is 0. The van der Waals surface area contributed by atoms with Gasteiger partial charge >= 0.3 is 0 Å². The van der Waals surface area contributed by atoms with Crippen molar-refractivity contribution in [1.29, 1.82) is 0 Å². The Morgan fingerprint density at radius 3 is 2.94 bits per heavy atom. The molecule has 0 radical (unpaired) electrons. The van der Waals surface area contributed by atoms with Crippen molar-refractivity contribution in [2.45, 2.75) is 37.0 Å². The Morgan fingerprint density at radius 2 is 2.19 bits per heavy atom. The molecule has 2 atom stereocenters. The Kier molecular flexibility index (Phi) is 3.93. The summed E-state index contributed by atoms with van der Waals surface area (Å²) < 4.78 is 0. The molecule has 3 nitrogen and oxygen atoms in total. The monoisotopic (exact) mass is 237 g/mol. The second-order valence-corrected chi connectivity index (χ2v) is 5.39. The standard InChI is InChI=1S/C12H19N3S/c1-16-12-5-3-2-4-11(12)15-10-6-9(13)7-14-8-10/h6-8,11-12,15H,2-5,13H2,1H3. The van der Waals surface area contributed by atoms with Crippen molar-refractivity contribution in [3.8, 4) is 0 Å². The molecule has 1 saturated carbocycles. The first-order chi connectivity index (χ1) is 7.79. The zero-order chi connectivity index (χ0) is 11.4. The number of nitrogens with zero attached hydrogens (tertiary/aromatic N) is 1. The first-order valence-corrected chi connectivity index (χ1v) is 7.08. The van der Waals surface area contributed by atoms with Gasteiger partial charge in [0.1, 0.15) is 0 Å². The molecule has 0 saturated heterocycles. The summed E-state index contributed by atoms with van der Waals surface area (Å²) in [6.45, 7) is 0. The molecule has 1 aliphatic carbocycles. The zero-order valence-electron chi connectivity index (χ0n) is 9.65. The van der Waals surface area contributed by atoms with Gasteiger partial charge in [-0.05, 0) is 25.2 Å². The highest BCUT2D eigenvalue weighted by Gasteiger charge is 2.23. The van der Waals surface area contributed by atoms with Crippen LogP contribution in [0.2, 0.25) is 0 Å². The highest BCUT2D eigenvalue weighted by Crippen LogP contribution is 2.29. The second-order valence-electron chi connectivity index (χ2n) is 4.32. The molecule has 3 N–H and O–H groups in total. The van der Waals surface area contributed by atoms with Crippen LogP contribution in [0.25, 0.3) is 0 Å². The van der Waals surface area contributed by atoms with Gasteiger partial charge in [-0.25, -0.2) is 0 Å². The summed E-state index contributed by atoms with van der Waals surface area (Å²) in [6.07, 6.45) is 11.0. The quantitative estimate of drug-likeness (QED) is 0.848. The van der Waals surface area contributed by atoms with E-state index >= 15 is 0 Å². The fourth-order valence-electron chi connectivity index (χ4n) is 2.29. The first-order valence-electron chi connectivity index (χ1n) is 5.79. The molecule has 0 aromatic carbocycles. The van der Waals surface area contributed by atoms with E-state index < -0.39 is 0 Å². The number of nitrogen functional groups attached to an aromatic ring is 1. The maximum atomic E-state index is 5.72. The number of aromatic nitrogens is 1. The molecule has 16 heavy (non-hydrogen) atoms. The third-order valence-electron chi connectivity index (χ3n) is 3.12. The normalized spacial score (nSPS) is 25.3. The van der Waals surface area contributed by atoms with Gasteiger partial charge in [0.2, 0.25) is 0 Å². The van der Waals surface area contributed by atoms with Gasteiger partial charge in [0.15, 0.2) is 0 Å². The zero-order valence-corrected chi connectivity index (χ0v) is 10.5. The number of nitrogens with one attached hydrogen (secondary N) is 1. The SMILES string of the molecule is CSC1CCCCC1Nc1cncc(N)c1. The van der Waals surface area contributed by atoms with E-state index in [1.165, 1.54) is 25.7 Å². The average Bonchev–Trinajstić information content (AvgIpc) is 2.30. The van der Waals surface area contributed by atoms with E-state index in [1.54, 1.807) is 6.20 Å². The summed E-state index contributed by atoms with van der Waals surface area (Å²) in [6, 6.07) is 2.52. The number of rotatable bonds is 3. The Labute approximate surface area is 101 Å². The number of pyridine rings is 1. The van der Waals surface area contributed by atoms with Crippen molar-refractivity contribution in [3.05, 3.63) is 18.5 Å². The highest BCUT2D eigenvalue weighted by atomic mass is 32.2. The molecule has 0 aliphatic heterocycles. The minimum Gasteiger partial charge on any atom is -0.397 e. The van der Waals surface area contributed by atoms with E-state index in [2.05, 4.69) is 16.6 Å². The number of hydrogen-bond donors (Lipinski definition) is 2. The molecule has 0 spiro atoms. The number of thioether (sulfide) groups is 1. The van der Waals surface area contributed by atoms with Crippen molar-refractivity contribution in [2.75, 3.05) is 17.3 Å². The second kappa shape index (κ2) is 5.43. The van der Waals surface area contributed by atoms with Crippen LogP contribution in [0, 0.1) is 0 Å². The number of hydrogen-bond acceptors (Lipinski definition) is 4. The van der Waals surface area contributed by atoms with E-state index in [0.29, 0.717) is 6.04 Å². The summed E-state index contributed by atoms with van der Waals surface area (Å²) >= 11 is 1.96. The largest absolute Gasteiger partial charge is 0.397 e. The van der Waals surface area contributed by atoms with E-state index in [-0.39, 0.29) is 0 Å². The van der Waals surface area contributed by atoms with Gasteiger partial charge in [0.25, 0.3) is 0 Å². The lowest BCUT2D eigenvalue weighted by Crippen LogP contribution is -2.34. The maximum Gasteiger partial charge on any atom is 0.0549 e. The van der Waals surface area contributed by atoms with Crippen molar-refractivity contribution in [3.63, 3.8) is 0 Å². The van der Waals surface area contributed by atoms with Gasteiger partial charge in [-0.15, -0.1) is 0 Å². The molecule has 0 amide bonds. The molecular formula is C12H19N3S. The Morgan fingerprint density at radius 1 is 1.38 bits per heavy atom. The molecular weight excluding hydrogens is 218 g/mol. The lowest BCUT2D eigenvalue weighted by molar-refractivity contribution is 0.475. The van der Waals surface area contributed by atoms with E-state index in [9.17, 15) is 0 Å². The fourth-order valence-corrected chi connectivity index (χ4v) is 3.23. The molecule has 1 aromatic heterocycles. The lowest BCUT2D eigenvalue weighted by atomic mass is 9.94. The Bertz CT molecular complexity index is 343. The van der Waals surface area contributed by atoms with Gasteiger partial charge in [-0.1, -0.05) is 12.8 Å². The van der Waals surface area contributed by atoms with Gasteiger partial charge in [0, 0.05) is 17.5 Å². The minimum atomic E-state index is 0.562. The van der Waals surface area contributed by atoms with Crippen LogP contribution in [-0.4, -0.2) is 22.5 Å². The molecule has 2 unspecified atom stereocenters. The van der Waals surface area contributed by atoms with Crippen LogP contribution in [-0.2, 0) is 0 Å². The van der Waals surface area contributed by atoms with Gasteiger partial charge < -0.3 is 11.1 Å². The molecule has 4 heteroatoms. The smallest absolute Gasteiger partial charge is 0.0549 e. The van der Waals surface area contributed by atoms with Gasteiger partial charge in [-0.3, -0.25) is 4.98 Å². The Hall–Kier alpha value is -0.900. The van der Waals surface area contributed by atoms with Crippen molar-refractivity contribution >= 4 is 23.1 Å². The molecule has 1 heterocycles. The van der Waals surface area contributed by atoms with Crippen LogP contribution in [0.15, 0.2) is 18.5 Å². The molecule has 1 fully saturated rings. The van der Waals surface area contributed by atoms with Crippen LogP contribution in [0.3, 0.4) is 0 Å². The van der Waals surface area contributed by atoms with Crippen molar-refractivity contribution < 1.29 is 0 Å². The number of anilines is 2. The summed E-state index contributed by atoms with van der Waals surface area (Å²) in [5, 5.41) is 4.28. The van der Waals surface area contributed by atoms with Crippen LogP contribution < -0.4 is 11.1 Å². The van der Waals surface area contributed by atoms with Gasteiger partial charge in [0.05, 0.1) is 17.6 Å². The predicted octanol–water partition coefficient (Wildman–Crippen LogP) is 2.75. The summed E-state index contributed by atoms with van der Waals surface area (Å²) in [5.41, 5.74) is 7.49. The highest BCUT2D eigenvalue weighted by molar-refractivity contribution is 7.99. The van der Waals surface area contributed by atoms with Crippen LogP contribution in [0.1, 0.15) is 25.7 Å². The van der Waals surface area contributed by atoms with Crippen LogP contribution in [0.5, 0.6) is 0 Å². The fraction of sp³-hybridized carbons (Fsp3) is 0.583. The summed E-state index contributed by atoms with van der Waals surface area (Å²) in [4.78, 5) is 4.11. The van der Waals surface area contributed by atoms with E-state index in [4.69, 9.17) is 5.73 Å². The summed E-state index contributed by atoms with van der Waals surface area (Å²) in [7, 11) is 0. The Balaban J connectivity index is 2.02. The van der Waals surface area contributed by atoms with Crippen LogP contribution >= 0.6 is 11.8 Å². The molecule has 1 aromatic rings. The maximum absolute atomic E-state index is 5.72. The van der Waals surface area contributed by atoms with E-state index in [1.807, 2.05) is 24.0 Å². The topological polar surface area (TPSA) is 50.9 Å². The average molecular weight is 237 g/mol. The predicted molar refractivity (Wildman–Crippen MR) is 71.8 cm³/mol. The van der Waals surface area contributed by atoms with Crippen molar-refractivity contribution in [2.24, 2.45) is 0 Å². The molecule has 88 valence electrons. The minimum absolute atomic E-state index is 0.562. The van der Waals surface area contributed by atoms with E-state index in [0.717, 1.165) is 16.6 Å². The first kappa shape index (κ1) is 11.6. The third-order valence-corrected chi connectivity index (χ3v) is 4.29. The molecule has 0 bridgehead atoms. The lowest BCUT2D eigenvalue weighted by Gasteiger charge is -2.31. The van der Waals surface area contributed by atoms with Crippen LogP contribution in [0.4, 0.5) is 11.4 Å². The molecule has 2 rings (SSSR count). The third kappa shape index (κ3) is 2.82.